The van der Waals surface area contributed by atoms with Gasteiger partial charge in [-0.3, -0.25) is 0 Å². The van der Waals surface area contributed by atoms with Crippen LogP contribution in [0.15, 0.2) is 0 Å². The highest BCUT2D eigenvalue weighted by Crippen LogP contribution is 2.74. The van der Waals surface area contributed by atoms with Crippen LogP contribution >= 0.6 is 11.8 Å². The van der Waals surface area contributed by atoms with Gasteiger partial charge in [-0.1, -0.05) is 41.5 Å². The Hall–Kier alpha value is 0.310. The molecule has 2 heteroatoms. The van der Waals surface area contributed by atoms with E-state index in [-0.39, 0.29) is 0 Å². The minimum atomic E-state index is 0.534. The van der Waals surface area contributed by atoms with Crippen LogP contribution in [-0.4, -0.2) is 24.1 Å². The van der Waals surface area contributed by atoms with Gasteiger partial charge in [-0.15, -0.1) is 0 Å². The maximum Gasteiger partial charge on any atom is 0.00105 e. The van der Waals surface area contributed by atoms with Crippen LogP contribution < -0.4 is 5.32 Å². The first-order valence-electron chi connectivity index (χ1n) is 7.02. The zero-order chi connectivity index (χ0) is 12.9. The van der Waals surface area contributed by atoms with E-state index in [0.29, 0.717) is 22.3 Å². The second-order valence-corrected chi connectivity index (χ2v) is 8.81. The van der Waals surface area contributed by atoms with Crippen molar-refractivity contribution in [3.63, 3.8) is 0 Å². The van der Waals surface area contributed by atoms with E-state index in [1.807, 2.05) is 0 Å². The lowest BCUT2D eigenvalue weighted by molar-refractivity contribution is 0.244. The summed E-state index contributed by atoms with van der Waals surface area (Å²) in [5.74, 6) is 3.60. The SMILES string of the molecule is CC(C)NCC1C(C)(C)C12CSCC(C)(C)C2. The summed E-state index contributed by atoms with van der Waals surface area (Å²) in [5.41, 5.74) is 1.69. The van der Waals surface area contributed by atoms with E-state index in [0.717, 1.165) is 5.92 Å². The van der Waals surface area contributed by atoms with E-state index in [4.69, 9.17) is 0 Å². The predicted octanol–water partition coefficient (Wildman–Crippen LogP) is 3.79. The average molecular weight is 255 g/mol. The molecule has 0 bridgehead atoms. The van der Waals surface area contributed by atoms with E-state index in [9.17, 15) is 0 Å². The fourth-order valence-electron chi connectivity index (χ4n) is 3.97. The van der Waals surface area contributed by atoms with Gasteiger partial charge in [0.25, 0.3) is 0 Å². The second-order valence-electron chi connectivity index (χ2n) is 7.83. The zero-order valence-electron chi connectivity index (χ0n) is 12.4. The van der Waals surface area contributed by atoms with Gasteiger partial charge in [-0.05, 0) is 46.6 Å². The van der Waals surface area contributed by atoms with Crippen LogP contribution in [0.3, 0.4) is 0 Å². The smallest absolute Gasteiger partial charge is 0.00105 e. The Morgan fingerprint density at radius 3 is 2.35 bits per heavy atom. The molecule has 0 aromatic heterocycles. The van der Waals surface area contributed by atoms with Crippen LogP contribution in [0.25, 0.3) is 0 Å². The van der Waals surface area contributed by atoms with Crippen molar-refractivity contribution < 1.29 is 0 Å². The Bertz CT molecular complexity index is 295. The fraction of sp³-hybridized carbons (Fsp3) is 1.00. The molecule has 100 valence electrons. The Kier molecular flexibility index (Phi) is 3.36. The van der Waals surface area contributed by atoms with Gasteiger partial charge >= 0.3 is 0 Å². The Morgan fingerprint density at radius 1 is 1.18 bits per heavy atom. The van der Waals surface area contributed by atoms with E-state index < -0.39 is 0 Å². The summed E-state index contributed by atoms with van der Waals surface area (Å²) in [6.45, 7) is 15.6. The molecule has 0 aromatic rings. The molecule has 1 aliphatic heterocycles. The Balaban J connectivity index is 2.05. The van der Waals surface area contributed by atoms with Crippen molar-refractivity contribution in [3.05, 3.63) is 0 Å². The van der Waals surface area contributed by atoms with Crippen LogP contribution in [0.4, 0.5) is 0 Å². The first-order chi connectivity index (χ1) is 7.71. The molecule has 2 atom stereocenters. The van der Waals surface area contributed by atoms with Crippen LogP contribution in [0, 0.1) is 22.2 Å². The predicted molar refractivity (Wildman–Crippen MR) is 78.6 cm³/mol. The minimum absolute atomic E-state index is 0.534. The molecule has 1 heterocycles. The summed E-state index contributed by atoms with van der Waals surface area (Å²) in [6.07, 6.45) is 1.42. The van der Waals surface area contributed by atoms with Crippen LogP contribution in [0.1, 0.15) is 48.0 Å². The van der Waals surface area contributed by atoms with Gasteiger partial charge in [0.15, 0.2) is 0 Å². The highest BCUT2D eigenvalue weighted by Gasteiger charge is 2.71. The van der Waals surface area contributed by atoms with E-state index in [1.54, 1.807) is 0 Å². The average Bonchev–Trinajstić information content (AvgIpc) is 2.56. The normalized spacial score (nSPS) is 38.6. The van der Waals surface area contributed by atoms with Gasteiger partial charge in [0.05, 0.1) is 0 Å². The largest absolute Gasteiger partial charge is 0.314 e. The van der Waals surface area contributed by atoms with Crippen molar-refractivity contribution in [2.75, 3.05) is 18.1 Å². The molecule has 2 fully saturated rings. The molecular formula is C15H29NS. The maximum absolute atomic E-state index is 3.65. The molecule has 0 amide bonds. The van der Waals surface area contributed by atoms with Gasteiger partial charge in [-0.25, -0.2) is 0 Å². The molecule has 2 unspecified atom stereocenters. The molecule has 2 aliphatic rings. The van der Waals surface area contributed by atoms with Crippen LogP contribution in [0.2, 0.25) is 0 Å². The molecule has 1 saturated heterocycles. The molecule has 17 heavy (non-hydrogen) atoms. The van der Waals surface area contributed by atoms with Gasteiger partial charge in [0, 0.05) is 6.04 Å². The molecule has 2 rings (SSSR count). The van der Waals surface area contributed by atoms with Crippen molar-refractivity contribution in [3.8, 4) is 0 Å². The van der Waals surface area contributed by atoms with Gasteiger partial charge in [0.2, 0.25) is 0 Å². The van der Waals surface area contributed by atoms with Crippen LogP contribution in [-0.2, 0) is 0 Å². The number of rotatable bonds is 3. The number of hydrogen-bond donors (Lipinski definition) is 1. The molecule has 1 saturated carbocycles. The Morgan fingerprint density at radius 2 is 1.82 bits per heavy atom. The monoisotopic (exact) mass is 255 g/mol. The lowest BCUT2D eigenvalue weighted by atomic mass is 9.79. The van der Waals surface area contributed by atoms with Gasteiger partial charge < -0.3 is 5.32 Å². The van der Waals surface area contributed by atoms with Crippen molar-refractivity contribution in [2.45, 2.75) is 54.0 Å². The van der Waals surface area contributed by atoms with Crippen molar-refractivity contribution >= 4 is 11.8 Å². The highest BCUT2D eigenvalue weighted by atomic mass is 32.2. The number of hydrogen-bond acceptors (Lipinski definition) is 2. The molecule has 1 nitrogen and oxygen atoms in total. The molecule has 1 aliphatic carbocycles. The summed E-state index contributed by atoms with van der Waals surface area (Å²) < 4.78 is 0. The summed E-state index contributed by atoms with van der Waals surface area (Å²) in [4.78, 5) is 0. The van der Waals surface area contributed by atoms with Crippen LogP contribution in [0.5, 0.6) is 0 Å². The summed E-state index contributed by atoms with van der Waals surface area (Å²) in [5, 5.41) is 3.65. The standard InChI is InChI=1S/C15H29NS/c1-11(2)16-7-12-14(5,6)15(12)8-13(3,4)9-17-10-15/h11-12,16H,7-10H2,1-6H3. The Labute approximate surface area is 112 Å². The van der Waals surface area contributed by atoms with E-state index in [2.05, 4.69) is 58.6 Å². The zero-order valence-corrected chi connectivity index (χ0v) is 13.2. The van der Waals surface area contributed by atoms with E-state index in [1.165, 1.54) is 24.5 Å². The van der Waals surface area contributed by atoms with Crippen molar-refractivity contribution in [2.24, 2.45) is 22.2 Å². The number of thioether (sulfide) groups is 1. The molecule has 0 aromatic carbocycles. The molecular weight excluding hydrogens is 226 g/mol. The lowest BCUT2D eigenvalue weighted by Gasteiger charge is -2.37. The lowest BCUT2D eigenvalue weighted by Crippen LogP contribution is -2.33. The third-order valence-electron chi connectivity index (χ3n) is 5.11. The second kappa shape index (κ2) is 4.16. The third-order valence-corrected chi connectivity index (χ3v) is 6.82. The first-order valence-corrected chi connectivity index (χ1v) is 8.18. The maximum atomic E-state index is 3.65. The third kappa shape index (κ3) is 2.28. The first kappa shape index (κ1) is 13.7. The molecule has 1 spiro atoms. The highest BCUT2D eigenvalue weighted by molar-refractivity contribution is 7.99. The quantitative estimate of drug-likeness (QED) is 0.823. The summed E-state index contributed by atoms with van der Waals surface area (Å²) in [7, 11) is 0. The summed E-state index contributed by atoms with van der Waals surface area (Å²) in [6, 6.07) is 0.618. The molecule has 1 N–H and O–H groups in total. The van der Waals surface area contributed by atoms with E-state index >= 15 is 0 Å². The summed E-state index contributed by atoms with van der Waals surface area (Å²) >= 11 is 2.18. The number of nitrogens with one attached hydrogen (secondary N) is 1. The fourth-order valence-corrected chi connectivity index (χ4v) is 5.77. The minimum Gasteiger partial charge on any atom is -0.314 e. The van der Waals surface area contributed by atoms with Gasteiger partial charge in [0.1, 0.15) is 0 Å². The topological polar surface area (TPSA) is 12.0 Å². The van der Waals surface area contributed by atoms with Gasteiger partial charge in [-0.2, -0.15) is 11.8 Å². The van der Waals surface area contributed by atoms with Crippen molar-refractivity contribution in [1.82, 2.24) is 5.32 Å². The molecule has 0 radical (unpaired) electrons. The van der Waals surface area contributed by atoms with Crippen molar-refractivity contribution in [1.29, 1.82) is 0 Å².